The van der Waals surface area contributed by atoms with E-state index in [1.165, 1.54) is 6.20 Å². The number of benzene rings is 2. The van der Waals surface area contributed by atoms with Gasteiger partial charge >= 0.3 is 0 Å². The van der Waals surface area contributed by atoms with Gasteiger partial charge in [0.05, 0.1) is 24.3 Å². The first-order valence-corrected chi connectivity index (χ1v) is 10.2. The Balaban J connectivity index is 1.44. The van der Waals surface area contributed by atoms with Crippen molar-refractivity contribution in [3.8, 4) is 11.5 Å². The minimum Gasteiger partial charge on any atom is -0.486 e. The molecular formula is C21H20BrN3O4. The monoisotopic (exact) mass is 457 g/mol. The number of aromatic nitrogens is 2. The van der Waals surface area contributed by atoms with Gasteiger partial charge in [-0.1, -0.05) is 28.1 Å². The van der Waals surface area contributed by atoms with Crippen molar-refractivity contribution < 1.29 is 14.3 Å². The standard InChI is InChI=1S/C21H20BrN3O4/c1-13(15-10-19-20(11-16(15)22)29-9-8-28-19)24-21(27)6-7-25-17-5-3-2-4-14(17)18(26)12-23-25/h2-5,10-13H,6-9H2,1H3,(H,24,27). The number of carbonyl (C=O) groups is 1. The van der Waals surface area contributed by atoms with Crippen LogP contribution in [0.3, 0.4) is 0 Å². The Hall–Kier alpha value is -2.87. The van der Waals surface area contributed by atoms with Gasteiger partial charge in [-0.3, -0.25) is 14.3 Å². The third-order valence-corrected chi connectivity index (χ3v) is 5.50. The molecule has 0 radical (unpaired) electrons. The van der Waals surface area contributed by atoms with E-state index in [9.17, 15) is 9.59 Å². The maximum atomic E-state index is 12.5. The molecular weight excluding hydrogens is 438 g/mol. The molecule has 2 heterocycles. The van der Waals surface area contributed by atoms with Crippen LogP contribution in [-0.4, -0.2) is 28.9 Å². The Morgan fingerprint density at radius 3 is 2.76 bits per heavy atom. The lowest BCUT2D eigenvalue weighted by atomic mass is 10.1. The third-order valence-electron chi connectivity index (χ3n) is 4.82. The second-order valence-corrected chi connectivity index (χ2v) is 7.66. The van der Waals surface area contributed by atoms with Gasteiger partial charge in [-0.05, 0) is 36.8 Å². The summed E-state index contributed by atoms with van der Waals surface area (Å²) >= 11 is 3.54. The number of halogens is 1. The predicted octanol–water partition coefficient (Wildman–Crippen LogP) is 3.20. The van der Waals surface area contributed by atoms with Crippen LogP contribution in [0.5, 0.6) is 11.5 Å². The van der Waals surface area contributed by atoms with Crippen LogP contribution >= 0.6 is 15.9 Å². The number of hydrogen-bond acceptors (Lipinski definition) is 5. The summed E-state index contributed by atoms with van der Waals surface area (Å²) in [7, 11) is 0. The summed E-state index contributed by atoms with van der Waals surface area (Å²) < 4.78 is 13.7. The van der Waals surface area contributed by atoms with E-state index in [1.54, 1.807) is 10.7 Å². The van der Waals surface area contributed by atoms with E-state index in [2.05, 4.69) is 26.3 Å². The second kappa shape index (κ2) is 8.24. The molecule has 0 bridgehead atoms. The minimum absolute atomic E-state index is 0.108. The molecule has 1 aliphatic rings. The quantitative estimate of drug-likeness (QED) is 0.635. The number of aryl methyl sites for hydroxylation is 1. The summed E-state index contributed by atoms with van der Waals surface area (Å²) in [5, 5.41) is 7.76. The minimum atomic E-state index is -0.216. The van der Waals surface area contributed by atoms with Gasteiger partial charge in [0, 0.05) is 16.3 Å². The van der Waals surface area contributed by atoms with Gasteiger partial charge < -0.3 is 14.8 Å². The molecule has 0 saturated carbocycles. The van der Waals surface area contributed by atoms with Crippen LogP contribution in [0.2, 0.25) is 0 Å². The molecule has 2 aromatic carbocycles. The molecule has 3 aromatic rings. The molecule has 1 amide bonds. The molecule has 0 saturated heterocycles. The first kappa shape index (κ1) is 19.4. The van der Waals surface area contributed by atoms with E-state index < -0.39 is 0 Å². The Morgan fingerprint density at radius 2 is 1.97 bits per heavy atom. The van der Waals surface area contributed by atoms with Gasteiger partial charge in [0.1, 0.15) is 13.2 Å². The van der Waals surface area contributed by atoms with Crippen molar-refractivity contribution in [1.29, 1.82) is 0 Å². The highest BCUT2D eigenvalue weighted by atomic mass is 79.9. The summed E-state index contributed by atoms with van der Waals surface area (Å²) in [6.45, 7) is 3.33. The van der Waals surface area contributed by atoms with Crippen molar-refractivity contribution in [2.75, 3.05) is 13.2 Å². The van der Waals surface area contributed by atoms with Crippen LogP contribution in [0, 0.1) is 0 Å². The molecule has 7 nitrogen and oxygen atoms in total. The number of nitrogens with one attached hydrogen (secondary N) is 1. The van der Waals surface area contributed by atoms with E-state index in [4.69, 9.17) is 9.47 Å². The first-order valence-electron chi connectivity index (χ1n) is 9.36. The summed E-state index contributed by atoms with van der Waals surface area (Å²) in [5.41, 5.74) is 1.50. The molecule has 1 N–H and O–H groups in total. The molecule has 1 unspecified atom stereocenters. The fraction of sp³-hybridized carbons (Fsp3) is 0.286. The van der Waals surface area contributed by atoms with Crippen molar-refractivity contribution in [3.05, 3.63) is 62.9 Å². The lowest BCUT2D eigenvalue weighted by Crippen LogP contribution is -2.28. The van der Waals surface area contributed by atoms with Crippen LogP contribution < -0.4 is 20.2 Å². The van der Waals surface area contributed by atoms with Crippen molar-refractivity contribution in [2.45, 2.75) is 25.9 Å². The van der Waals surface area contributed by atoms with Gasteiger partial charge in [-0.2, -0.15) is 5.10 Å². The number of nitrogens with zero attached hydrogens (tertiary/aromatic N) is 2. The molecule has 29 heavy (non-hydrogen) atoms. The third kappa shape index (κ3) is 4.12. The number of ether oxygens (including phenoxy) is 2. The normalized spacial score (nSPS) is 13.9. The van der Waals surface area contributed by atoms with Crippen molar-refractivity contribution >= 4 is 32.7 Å². The van der Waals surface area contributed by atoms with Crippen LogP contribution in [0.25, 0.3) is 10.9 Å². The zero-order valence-electron chi connectivity index (χ0n) is 15.9. The van der Waals surface area contributed by atoms with Crippen LogP contribution in [0.15, 0.2) is 51.9 Å². The molecule has 1 aliphatic heterocycles. The lowest BCUT2D eigenvalue weighted by Gasteiger charge is -2.22. The molecule has 150 valence electrons. The van der Waals surface area contributed by atoms with Crippen molar-refractivity contribution in [1.82, 2.24) is 15.1 Å². The highest BCUT2D eigenvalue weighted by molar-refractivity contribution is 9.10. The summed E-state index contributed by atoms with van der Waals surface area (Å²) in [6.07, 6.45) is 1.53. The van der Waals surface area contributed by atoms with Gasteiger partial charge in [-0.15, -0.1) is 0 Å². The predicted molar refractivity (Wildman–Crippen MR) is 112 cm³/mol. The number of carbonyl (C=O) groups excluding carboxylic acids is 1. The van der Waals surface area contributed by atoms with E-state index in [0.717, 1.165) is 15.6 Å². The van der Waals surface area contributed by atoms with Gasteiger partial charge in [0.2, 0.25) is 11.3 Å². The van der Waals surface area contributed by atoms with E-state index in [0.29, 0.717) is 36.6 Å². The molecule has 8 heteroatoms. The van der Waals surface area contributed by atoms with Crippen molar-refractivity contribution in [2.24, 2.45) is 0 Å². The molecule has 0 spiro atoms. The number of hydrogen-bond donors (Lipinski definition) is 1. The van der Waals surface area contributed by atoms with Crippen LogP contribution in [0.4, 0.5) is 0 Å². The Kier molecular flexibility index (Phi) is 5.53. The fourth-order valence-corrected chi connectivity index (χ4v) is 4.02. The van der Waals surface area contributed by atoms with Gasteiger partial charge in [0.15, 0.2) is 11.5 Å². The van der Waals surface area contributed by atoms with Gasteiger partial charge in [-0.25, -0.2) is 0 Å². The average molecular weight is 458 g/mol. The highest BCUT2D eigenvalue weighted by Crippen LogP contribution is 2.37. The first-order chi connectivity index (χ1) is 14.0. The molecule has 1 aromatic heterocycles. The topological polar surface area (TPSA) is 82.5 Å². The van der Waals surface area contributed by atoms with Gasteiger partial charge in [0.25, 0.3) is 0 Å². The largest absolute Gasteiger partial charge is 0.486 e. The van der Waals surface area contributed by atoms with Crippen LogP contribution in [-0.2, 0) is 11.3 Å². The smallest absolute Gasteiger partial charge is 0.222 e. The maximum absolute atomic E-state index is 12.5. The van der Waals surface area contributed by atoms with E-state index in [-0.39, 0.29) is 23.8 Å². The summed E-state index contributed by atoms with van der Waals surface area (Å²) in [6, 6.07) is 10.8. The fourth-order valence-electron chi connectivity index (χ4n) is 3.35. The number of rotatable bonds is 5. The second-order valence-electron chi connectivity index (χ2n) is 6.81. The summed E-state index contributed by atoms with van der Waals surface area (Å²) in [5.74, 6) is 1.27. The van der Waals surface area contributed by atoms with Crippen molar-refractivity contribution in [3.63, 3.8) is 0 Å². The number of fused-ring (bicyclic) bond motifs is 2. The van der Waals surface area contributed by atoms with E-state index >= 15 is 0 Å². The Labute approximate surface area is 175 Å². The summed E-state index contributed by atoms with van der Waals surface area (Å²) in [4.78, 5) is 24.4. The zero-order valence-corrected chi connectivity index (χ0v) is 17.4. The van der Waals surface area contributed by atoms with Crippen LogP contribution in [0.1, 0.15) is 24.9 Å². The number of para-hydroxylation sites is 1. The SMILES string of the molecule is CC(NC(=O)CCn1ncc(=O)c2ccccc21)c1cc2c(cc1Br)OCCO2. The lowest BCUT2D eigenvalue weighted by molar-refractivity contribution is -0.122. The average Bonchev–Trinajstić information content (AvgIpc) is 2.73. The number of amides is 1. The van der Waals surface area contributed by atoms with E-state index in [1.807, 2.05) is 37.3 Å². The molecule has 0 aliphatic carbocycles. The zero-order chi connectivity index (χ0) is 20.4. The Morgan fingerprint density at radius 1 is 1.24 bits per heavy atom. The molecule has 4 rings (SSSR count). The Bertz CT molecular complexity index is 1130. The molecule has 0 fully saturated rings. The highest BCUT2D eigenvalue weighted by Gasteiger charge is 2.19. The maximum Gasteiger partial charge on any atom is 0.222 e. The molecule has 1 atom stereocenters.